The summed E-state index contributed by atoms with van der Waals surface area (Å²) in [5, 5.41) is 3.15. The van der Waals surface area contributed by atoms with Gasteiger partial charge in [-0.2, -0.15) is 0 Å². The van der Waals surface area contributed by atoms with Crippen molar-refractivity contribution in [3.05, 3.63) is 23.9 Å². The van der Waals surface area contributed by atoms with Crippen LogP contribution in [-0.4, -0.2) is 55.1 Å². The van der Waals surface area contributed by atoms with Gasteiger partial charge in [0.1, 0.15) is 5.82 Å². The van der Waals surface area contributed by atoms with Crippen LogP contribution in [0.4, 0.5) is 5.82 Å². The summed E-state index contributed by atoms with van der Waals surface area (Å²) in [7, 11) is 4.11. The number of anilines is 1. The first-order valence-corrected chi connectivity index (χ1v) is 5.82. The maximum atomic E-state index is 4.33. The fourth-order valence-corrected chi connectivity index (χ4v) is 2.04. The van der Waals surface area contributed by atoms with E-state index in [-0.39, 0.29) is 0 Å². The average Bonchev–Trinajstić information content (AvgIpc) is 2.33. The predicted molar refractivity (Wildman–Crippen MR) is 66.6 cm³/mol. The first kappa shape index (κ1) is 11.4. The fraction of sp³-hybridized carbons (Fsp3) is 0.583. The highest BCUT2D eigenvalue weighted by Crippen LogP contribution is 2.14. The lowest BCUT2D eigenvalue weighted by Gasteiger charge is -2.32. The zero-order valence-electron chi connectivity index (χ0n) is 10.1. The van der Waals surface area contributed by atoms with Crippen molar-refractivity contribution in [3.8, 4) is 0 Å². The van der Waals surface area contributed by atoms with E-state index in [1.807, 2.05) is 19.3 Å². The van der Waals surface area contributed by atoms with E-state index in [1.54, 1.807) is 0 Å². The fourth-order valence-electron chi connectivity index (χ4n) is 2.04. The van der Waals surface area contributed by atoms with Gasteiger partial charge < -0.3 is 10.2 Å². The summed E-state index contributed by atoms with van der Waals surface area (Å²) in [6.45, 7) is 5.62. The summed E-state index contributed by atoms with van der Waals surface area (Å²) in [4.78, 5) is 9.19. The van der Waals surface area contributed by atoms with Gasteiger partial charge in [-0.05, 0) is 13.1 Å². The normalized spacial score (nSPS) is 18.6. The maximum Gasteiger partial charge on any atom is 0.130 e. The molecule has 0 bridgehead atoms. The molecule has 1 fully saturated rings. The molecule has 1 saturated heterocycles. The molecule has 2 rings (SSSR count). The Morgan fingerprint density at radius 3 is 2.75 bits per heavy atom. The van der Waals surface area contributed by atoms with Gasteiger partial charge in [-0.3, -0.25) is 4.90 Å². The van der Waals surface area contributed by atoms with Crippen molar-refractivity contribution in [3.63, 3.8) is 0 Å². The van der Waals surface area contributed by atoms with E-state index in [4.69, 9.17) is 0 Å². The Kier molecular flexibility index (Phi) is 3.74. The maximum absolute atomic E-state index is 4.33. The Morgan fingerprint density at radius 1 is 1.31 bits per heavy atom. The molecular formula is C12H20N4. The SMILES string of the molecule is CNc1ncccc1CN1CCN(C)CC1. The van der Waals surface area contributed by atoms with Crippen molar-refractivity contribution in [1.82, 2.24) is 14.8 Å². The van der Waals surface area contributed by atoms with Crippen LogP contribution in [0.2, 0.25) is 0 Å². The summed E-state index contributed by atoms with van der Waals surface area (Å²) in [5.74, 6) is 1.00. The third-order valence-corrected chi connectivity index (χ3v) is 3.12. The number of nitrogens with zero attached hydrogens (tertiary/aromatic N) is 3. The topological polar surface area (TPSA) is 31.4 Å². The highest BCUT2D eigenvalue weighted by Gasteiger charge is 2.15. The van der Waals surface area contributed by atoms with Gasteiger partial charge in [0.25, 0.3) is 0 Å². The van der Waals surface area contributed by atoms with Gasteiger partial charge >= 0.3 is 0 Å². The minimum atomic E-state index is 0.998. The van der Waals surface area contributed by atoms with Gasteiger partial charge in [0.15, 0.2) is 0 Å². The molecule has 88 valence electrons. The van der Waals surface area contributed by atoms with E-state index in [1.165, 1.54) is 5.56 Å². The molecule has 16 heavy (non-hydrogen) atoms. The number of pyridine rings is 1. The minimum absolute atomic E-state index is 0.998. The molecular weight excluding hydrogens is 200 g/mol. The van der Waals surface area contributed by atoms with Crippen molar-refractivity contribution >= 4 is 5.82 Å². The molecule has 0 spiro atoms. The molecule has 0 aliphatic carbocycles. The first-order chi connectivity index (χ1) is 7.79. The zero-order valence-corrected chi connectivity index (χ0v) is 10.1. The number of hydrogen-bond acceptors (Lipinski definition) is 4. The molecule has 4 nitrogen and oxygen atoms in total. The Balaban J connectivity index is 1.98. The molecule has 0 atom stereocenters. The van der Waals surface area contributed by atoms with Gasteiger partial charge in [-0.25, -0.2) is 4.98 Å². The smallest absolute Gasteiger partial charge is 0.130 e. The number of rotatable bonds is 3. The van der Waals surface area contributed by atoms with Gasteiger partial charge in [0, 0.05) is 51.5 Å². The molecule has 2 heterocycles. The van der Waals surface area contributed by atoms with E-state index in [0.29, 0.717) is 0 Å². The lowest BCUT2D eigenvalue weighted by Crippen LogP contribution is -2.43. The summed E-state index contributed by atoms with van der Waals surface area (Å²) in [6.07, 6.45) is 1.83. The standard InChI is InChI=1S/C12H20N4/c1-13-12-11(4-3-5-14-12)10-16-8-6-15(2)7-9-16/h3-5H,6-10H2,1-2H3,(H,13,14). The third-order valence-electron chi connectivity index (χ3n) is 3.12. The molecule has 0 unspecified atom stereocenters. The van der Waals surface area contributed by atoms with Crippen molar-refractivity contribution in [2.45, 2.75) is 6.54 Å². The van der Waals surface area contributed by atoms with Crippen molar-refractivity contribution in [1.29, 1.82) is 0 Å². The van der Waals surface area contributed by atoms with Crippen LogP contribution in [0.15, 0.2) is 18.3 Å². The average molecular weight is 220 g/mol. The Bertz CT molecular complexity index is 332. The molecule has 0 amide bonds. The number of likely N-dealkylation sites (N-methyl/N-ethyl adjacent to an activating group) is 1. The Labute approximate surface area is 97.3 Å². The van der Waals surface area contributed by atoms with Crippen molar-refractivity contribution in [2.24, 2.45) is 0 Å². The Hall–Kier alpha value is -1.13. The van der Waals surface area contributed by atoms with E-state index in [9.17, 15) is 0 Å². The molecule has 1 aliphatic rings. The molecule has 0 radical (unpaired) electrons. The highest BCUT2D eigenvalue weighted by molar-refractivity contribution is 5.42. The van der Waals surface area contributed by atoms with E-state index < -0.39 is 0 Å². The van der Waals surface area contributed by atoms with Crippen LogP contribution in [0.3, 0.4) is 0 Å². The van der Waals surface area contributed by atoms with Gasteiger partial charge in [0.05, 0.1) is 0 Å². The predicted octanol–water partition coefficient (Wildman–Crippen LogP) is 0.871. The number of hydrogen-bond donors (Lipinski definition) is 1. The molecule has 0 aromatic carbocycles. The summed E-state index contributed by atoms with van der Waals surface area (Å²) >= 11 is 0. The monoisotopic (exact) mass is 220 g/mol. The lowest BCUT2D eigenvalue weighted by molar-refractivity contribution is 0.148. The largest absolute Gasteiger partial charge is 0.373 e. The van der Waals surface area contributed by atoms with E-state index in [0.717, 1.165) is 38.5 Å². The first-order valence-electron chi connectivity index (χ1n) is 5.82. The zero-order chi connectivity index (χ0) is 11.4. The van der Waals surface area contributed by atoms with Gasteiger partial charge in [-0.1, -0.05) is 6.07 Å². The second-order valence-corrected chi connectivity index (χ2v) is 4.34. The van der Waals surface area contributed by atoms with Crippen LogP contribution in [0.1, 0.15) is 5.56 Å². The van der Waals surface area contributed by atoms with Gasteiger partial charge in [0.2, 0.25) is 0 Å². The van der Waals surface area contributed by atoms with Crippen molar-refractivity contribution in [2.75, 3.05) is 45.6 Å². The second kappa shape index (κ2) is 5.27. The molecule has 1 aliphatic heterocycles. The van der Waals surface area contributed by atoms with Gasteiger partial charge in [-0.15, -0.1) is 0 Å². The minimum Gasteiger partial charge on any atom is -0.373 e. The quantitative estimate of drug-likeness (QED) is 0.819. The van der Waals surface area contributed by atoms with E-state index in [2.05, 4.69) is 33.2 Å². The molecule has 1 aromatic rings. The van der Waals surface area contributed by atoms with E-state index >= 15 is 0 Å². The van der Waals surface area contributed by atoms with Crippen LogP contribution in [-0.2, 0) is 6.54 Å². The Morgan fingerprint density at radius 2 is 2.06 bits per heavy atom. The lowest BCUT2D eigenvalue weighted by atomic mass is 10.2. The summed E-state index contributed by atoms with van der Waals surface area (Å²) < 4.78 is 0. The molecule has 1 N–H and O–H groups in total. The van der Waals surface area contributed by atoms with Crippen LogP contribution in [0.25, 0.3) is 0 Å². The molecule has 0 saturated carbocycles. The van der Waals surface area contributed by atoms with Crippen LogP contribution in [0.5, 0.6) is 0 Å². The number of piperazine rings is 1. The molecule has 1 aromatic heterocycles. The third kappa shape index (κ3) is 2.71. The van der Waals surface area contributed by atoms with Crippen LogP contribution in [0, 0.1) is 0 Å². The summed E-state index contributed by atoms with van der Waals surface area (Å²) in [6, 6.07) is 4.16. The van der Waals surface area contributed by atoms with Crippen molar-refractivity contribution < 1.29 is 0 Å². The van der Waals surface area contributed by atoms with Crippen LogP contribution >= 0.6 is 0 Å². The molecule has 4 heteroatoms. The highest BCUT2D eigenvalue weighted by atomic mass is 15.2. The number of aromatic nitrogens is 1. The van der Waals surface area contributed by atoms with Crippen LogP contribution < -0.4 is 5.32 Å². The summed E-state index contributed by atoms with van der Waals surface area (Å²) in [5.41, 5.74) is 1.29. The number of nitrogens with one attached hydrogen (secondary N) is 1. The second-order valence-electron chi connectivity index (χ2n) is 4.34.